The SMILES string of the molecule is O=Cc1cccn1CCN1CCCC1. The lowest BCUT2D eigenvalue weighted by molar-refractivity contribution is 0.111. The Labute approximate surface area is 84.3 Å². The van der Waals surface area contributed by atoms with Crippen molar-refractivity contribution < 1.29 is 4.79 Å². The van der Waals surface area contributed by atoms with Crippen molar-refractivity contribution in [2.24, 2.45) is 0 Å². The molecule has 1 aromatic rings. The van der Waals surface area contributed by atoms with Crippen molar-refractivity contribution in [3.05, 3.63) is 24.0 Å². The Hall–Kier alpha value is -1.09. The molecule has 2 rings (SSSR count). The van der Waals surface area contributed by atoms with Crippen molar-refractivity contribution in [2.75, 3.05) is 19.6 Å². The Morgan fingerprint density at radius 3 is 2.79 bits per heavy atom. The van der Waals surface area contributed by atoms with E-state index in [1.807, 2.05) is 22.9 Å². The minimum atomic E-state index is 0.782. The van der Waals surface area contributed by atoms with Gasteiger partial charge in [-0.05, 0) is 38.1 Å². The zero-order valence-electron chi connectivity index (χ0n) is 8.35. The molecule has 14 heavy (non-hydrogen) atoms. The van der Waals surface area contributed by atoms with Crippen LogP contribution in [0.4, 0.5) is 0 Å². The summed E-state index contributed by atoms with van der Waals surface area (Å²) in [5.74, 6) is 0. The van der Waals surface area contributed by atoms with E-state index < -0.39 is 0 Å². The minimum Gasteiger partial charge on any atom is -0.344 e. The second-order valence-electron chi connectivity index (χ2n) is 3.79. The fraction of sp³-hybridized carbons (Fsp3) is 0.545. The minimum absolute atomic E-state index is 0.782. The molecule has 3 nitrogen and oxygen atoms in total. The molecular weight excluding hydrogens is 176 g/mol. The Kier molecular flexibility index (Phi) is 2.99. The molecule has 1 aliphatic heterocycles. The molecule has 0 aliphatic carbocycles. The van der Waals surface area contributed by atoms with E-state index in [0.29, 0.717) is 0 Å². The van der Waals surface area contributed by atoms with Crippen LogP contribution in [0.3, 0.4) is 0 Å². The van der Waals surface area contributed by atoms with Crippen molar-refractivity contribution in [3.63, 3.8) is 0 Å². The number of rotatable bonds is 4. The summed E-state index contributed by atoms with van der Waals surface area (Å²) in [6.45, 7) is 4.44. The van der Waals surface area contributed by atoms with E-state index >= 15 is 0 Å². The van der Waals surface area contributed by atoms with Gasteiger partial charge in [-0.2, -0.15) is 0 Å². The number of carbonyl (C=O) groups excluding carboxylic acids is 1. The zero-order valence-corrected chi connectivity index (χ0v) is 8.35. The molecule has 1 aliphatic rings. The van der Waals surface area contributed by atoms with Crippen LogP contribution in [0, 0.1) is 0 Å². The zero-order chi connectivity index (χ0) is 9.80. The Morgan fingerprint density at radius 1 is 1.29 bits per heavy atom. The van der Waals surface area contributed by atoms with Gasteiger partial charge in [0.25, 0.3) is 0 Å². The van der Waals surface area contributed by atoms with Crippen molar-refractivity contribution in [3.8, 4) is 0 Å². The van der Waals surface area contributed by atoms with E-state index in [4.69, 9.17) is 0 Å². The average Bonchev–Trinajstić information content (AvgIpc) is 2.85. The first-order chi connectivity index (χ1) is 6.90. The summed E-state index contributed by atoms with van der Waals surface area (Å²) in [6.07, 6.45) is 5.54. The lowest BCUT2D eigenvalue weighted by Gasteiger charge is -2.15. The van der Waals surface area contributed by atoms with Crippen LogP contribution in [0.15, 0.2) is 18.3 Å². The van der Waals surface area contributed by atoms with Gasteiger partial charge in [0, 0.05) is 19.3 Å². The van der Waals surface area contributed by atoms with E-state index in [9.17, 15) is 4.79 Å². The maximum absolute atomic E-state index is 10.7. The first kappa shape index (κ1) is 9.46. The lowest BCUT2D eigenvalue weighted by Crippen LogP contribution is -2.24. The highest BCUT2D eigenvalue weighted by Gasteiger charge is 2.11. The molecule has 0 amide bonds. The molecule has 1 saturated heterocycles. The molecule has 1 aromatic heterocycles. The van der Waals surface area contributed by atoms with Gasteiger partial charge in [0.2, 0.25) is 0 Å². The molecule has 0 saturated carbocycles. The summed E-state index contributed by atoms with van der Waals surface area (Å²) in [5.41, 5.74) is 0.782. The van der Waals surface area contributed by atoms with Gasteiger partial charge in [0.1, 0.15) is 0 Å². The quantitative estimate of drug-likeness (QED) is 0.674. The average molecular weight is 192 g/mol. The van der Waals surface area contributed by atoms with Gasteiger partial charge in [-0.1, -0.05) is 0 Å². The number of nitrogens with zero attached hydrogens (tertiary/aromatic N) is 2. The number of aldehydes is 1. The largest absolute Gasteiger partial charge is 0.344 e. The second-order valence-corrected chi connectivity index (χ2v) is 3.79. The molecule has 1 fully saturated rings. The van der Waals surface area contributed by atoms with E-state index in [0.717, 1.165) is 25.1 Å². The monoisotopic (exact) mass is 192 g/mol. The second kappa shape index (κ2) is 4.42. The maximum atomic E-state index is 10.7. The fourth-order valence-corrected chi connectivity index (χ4v) is 1.99. The third kappa shape index (κ3) is 2.04. The molecule has 3 heteroatoms. The van der Waals surface area contributed by atoms with Crippen LogP contribution in [0.2, 0.25) is 0 Å². The number of hydrogen-bond acceptors (Lipinski definition) is 2. The third-order valence-corrected chi connectivity index (χ3v) is 2.84. The summed E-state index contributed by atoms with van der Waals surface area (Å²) in [7, 11) is 0. The van der Waals surface area contributed by atoms with Gasteiger partial charge >= 0.3 is 0 Å². The van der Waals surface area contributed by atoms with Crippen molar-refractivity contribution in [1.29, 1.82) is 0 Å². The summed E-state index contributed by atoms with van der Waals surface area (Å²) in [5, 5.41) is 0. The summed E-state index contributed by atoms with van der Waals surface area (Å²) in [6, 6.07) is 3.78. The maximum Gasteiger partial charge on any atom is 0.166 e. The van der Waals surface area contributed by atoms with E-state index in [1.54, 1.807) is 0 Å². The normalized spacial score (nSPS) is 17.4. The molecule has 0 bridgehead atoms. The van der Waals surface area contributed by atoms with Gasteiger partial charge in [0.15, 0.2) is 6.29 Å². The molecule has 2 heterocycles. The highest BCUT2D eigenvalue weighted by atomic mass is 16.1. The van der Waals surface area contributed by atoms with Gasteiger partial charge in [-0.15, -0.1) is 0 Å². The molecule has 0 N–H and O–H groups in total. The summed E-state index contributed by atoms with van der Waals surface area (Å²) in [4.78, 5) is 13.1. The predicted molar refractivity (Wildman–Crippen MR) is 55.5 cm³/mol. The Balaban J connectivity index is 1.87. The number of likely N-dealkylation sites (tertiary alicyclic amines) is 1. The van der Waals surface area contributed by atoms with Crippen molar-refractivity contribution in [2.45, 2.75) is 19.4 Å². The molecule has 0 aromatic carbocycles. The van der Waals surface area contributed by atoms with Crippen molar-refractivity contribution in [1.82, 2.24) is 9.47 Å². The van der Waals surface area contributed by atoms with Crippen LogP contribution in [-0.4, -0.2) is 35.4 Å². The topological polar surface area (TPSA) is 25.2 Å². The predicted octanol–water partition coefficient (Wildman–Crippen LogP) is 1.40. The number of hydrogen-bond donors (Lipinski definition) is 0. The highest BCUT2D eigenvalue weighted by molar-refractivity contribution is 5.72. The Morgan fingerprint density at radius 2 is 2.07 bits per heavy atom. The van der Waals surface area contributed by atoms with E-state index in [2.05, 4.69) is 4.90 Å². The highest BCUT2D eigenvalue weighted by Crippen LogP contribution is 2.07. The van der Waals surface area contributed by atoms with Crippen LogP contribution >= 0.6 is 0 Å². The fourth-order valence-electron chi connectivity index (χ4n) is 1.99. The molecule has 76 valence electrons. The van der Waals surface area contributed by atoms with Gasteiger partial charge < -0.3 is 9.47 Å². The van der Waals surface area contributed by atoms with Crippen LogP contribution in [-0.2, 0) is 6.54 Å². The van der Waals surface area contributed by atoms with Gasteiger partial charge in [-0.25, -0.2) is 0 Å². The Bertz CT molecular complexity index is 300. The van der Waals surface area contributed by atoms with E-state index in [-0.39, 0.29) is 0 Å². The third-order valence-electron chi connectivity index (χ3n) is 2.84. The molecular formula is C11H16N2O. The number of aromatic nitrogens is 1. The van der Waals surface area contributed by atoms with Crippen LogP contribution in [0.1, 0.15) is 23.3 Å². The standard InChI is InChI=1S/C11H16N2O/c14-10-11-4-3-7-13(11)9-8-12-5-1-2-6-12/h3-4,7,10H,1-2,5-6,8-9H2. The smallest absolute Gasteiger partial charge is 0.166 e. The summed E-state index contributed by atoms with van der Waals surface area (Å²) >= 11 is 0. The first-order valence-electron chi connectivity index (χ1n) is 5.23. The van der Waals surface area contributed by atoms with Crippen LogP contribution < -0.4 is 0 Å². The lowest BCUT2D eigenvalue weighted by atomic mass is 10.4. The number of carbonyl (C=O) groups is 1. The molecule has 0 atom stereocenters. The van der Waals surface area contributed by atoms with Crippen LogP contribution in [0.5, 0.6) is 0 Å². The molecule has 0 unspecified atom stereocenters. The van der Waals surface area contributed by atoms with Crippen molar-refractivity contribution >= 4 is 6.29 Å². The summed E-state index contributed by atoms with van der Waals surface area (Å²) < 4.78 is 2.02. The van der Waals surface area contributed by atoms with Gasteiger partial charge in [-0.3, -0.25) is 4.79 Å². The van der Waals surface area contributed by atoms with Gasteiger partial charge in [0.05, 0.1) is 5.69 Å². The molecule has 0 radical (unpaired) electrons. The van der Waals surface area contributed by atoms with E-state index in [1.165, 1.54) is 25.9 Å². The molecule has 0 spiro atoms. The first-order valence-corrected chi connectivity index (χ1v) is 5.23. The van der Waals surface area contributed by atoms with Crippen LogP contribution in [0.25, 0.3) is 0 Å².